The lowest BCUT2D eigenvalue weighted by molar-refractivity contribution is 0.103. The van der Waals surface area contributed by atoms with Crippen molar-refractivity contribution in [3.05, 3.63) is 75.6 Å². The Morgan fingerprint density at radius 3 is 1.36 bits per heavy atom. The zero-order valence-electron chi connectivity index (χ0n) is 22.0. The second-order valence-corrected chi connectivity index (χ2v) is 8.51. The molecular weight excluding hydrogens is 540 g/mol. The van der Waals surface area contributed by atoms with Gasteiger partial charge in [-0.3, -0.25) is 9.59 Å². The van der Waals surface area contributed by atoms with E-state index in [9.17, 15) is 9.59 Å². The molecule has 2 aliphatic rings. The Kier molecular flexibility index (Phi) is 6.70. The molecule has 2 aromatic carbocycles. The molecule has 2 heterocycles. The molecule has 42 heavy (non-hydrogen) atoms. The zero-order chi connectivity index (χ0) is 30.1. The first-order valence-electron chi connectivity index (χ1n) is 11.8. The van der Waals surface area contributed by atoms with Crippen molar-refractivity contribution < 1.29 is 23.8 Å². The minimum absolute atomic E-state index is 0.0563. The van der Waals surface area contributed by atoms with Crippen molar-refractivity contribution in [1.82, 2.24) is 19.9 Å². The predicted octanol–water partition coefficient (Wildman–Crippen LogP) is 2.89. The van der Waals surface area contributed by atoms with E-state index in [2.05, 4.69) is 19.9 Å². The minimum Gasteiger partial charge on any atom is -0.497 e. The van der Waals surface area contributed by atoms with Gasteiger partial charge in [-0.1, -0.05) is 0 Å². The van der Waals surface area contributed by atoms with Crippen LogP contribution < -0.4 is 14.2 Å². The maximum absolute atomic E-state index is 12.4. The number of carbonyl (C=O) groups is 2. The van der Waals surface area contributed by atoms with Crippen molar-refractivity contribution in [2.24, 2.45) is 0 Å². The molecule has 0 aliphatic heterocycles. The summed E-state index contributed by atoms with van der Waals surface area (Å²) in [6.07, 6.45) is 0. The third-order valence-corrected chi connectivity index (χ3v) is 6.40. The summed E-state index contributed by atoms with van der Waals surface area (Å²) in [5.41, 5.74) is 2.11. The Morgan fingerprint density at radius 2 is 0.929 bits per heavy atom. The summed E-state index contributed by atoms with van der Waals surface area (Å²) < 4.78 is 15.5. The van der Waals surface area contributed by atoms with Crippen LogP contribution in [0.25, 0.3) is 22.5 Å². The average Bonchev–Trinajstić information content (AvgIpc) is 3.47. The molecule has 13 heteroatoms. The third kappa shape index (κ3) is 4.08. The van der Waals surface area contributed by atoms with E-state index in [0.29, 0.717) is 45.2 Å². The van der Waals surface area contributed by atoms with Crippen molar-refractivity contribution in [1.29, 1.82) is 21.0 Å². The highest BCUT2D eigenvalue weighted by Crippen LogP contribution is 2.41. The zero-order valence-corrected chi connectivity index (χ0v) is 22.0. The second kappa shape index (κ2) is 10.5. The Balaban J connectivity index is 0.000000169. The van der Waals surface area contributed by atoms with E-state index in [4.69, 9.17) is 35.3 Å². The third-order valence-electron chi connectivity index (χ3n) is 6.40. The van der Waals surface area contributed by atoms with Crippen LogP contribution in [0.4, 0.5) is 0 Å². The Labute approximate surface area is 237 Å². The quantitative estimate of drug-likeness (QED) is 0.308. The number of nitrogens with zero attached hydrogens (tertiary/aromatic N) is 8. The van der Waals surface area contributed by atoms with Gasteiger partial charge in [0.25, 0.3) is 0 Å². The summed E-state index contributed by atoms with van der Waals surface area (Å²) in [5, 5.41) is 36.0. The van der Waals surface area contributed by atoms with Crippen molar-refractivity contribution in [2.75, 3.05) is 21.3 Å². The highest BCUT2D eigenvalue weighted by Gasteiger charge is 2.34. The Bertz CT molecular complexity index is 2040. The van der Waals surface area contributed by atoms with E-state index in [1.165, 1.54) is 27.4 Å². The molecule has 0 radical (unpaired) electrons. The molecule has 2 aliphatic carbocycles. The molecule has 13 nitrogen and oxygen atoms in total. The van der Waals surface area contributed by atoms with Gasteiger partial charge in [-0.15, -0.1) is 0 Å². The summed E-state index contributed by atoms with van der Waals surface area (Å²) in [5.74, 6) is 0.759. The lowest BCUT2D eigenvalue weighted by Gasteiger charge is -2.09. The molecule has 0 unspecified atom stereocenters. The summed E-state index contributed by atoms with van der Waals surface area (Å²) >= 11 is 0. The molecule has 0 N–H and O–H groups in total. The number of hydrogen-bond donors (Lipinski definition) is 0. The SMILES string of the molecule is COc1cc2c(cc1OC)-c1nc(C#N)c(C#N)nc1C2=O.COc1ccc2c(c1)-c1nc(C#N)c(C#N)nc1C2=O. The van der Waals surface area contributed by atoms with Gasteiger partial charge in [0.15, 0.2) is 34.3 Å². The van der Waals surface area contributed by atoms with E-state index < -0.39 is 0 Å². The first-order valence-corrected chi connectivity index (χ1v) is 11.8. The highest BCUT2D eigenvalue weighted by molar-refractivity contribution is 6.21. The lowest BCUT2D eigenvalue weighted by Crippen LogP contribution is -2.04. The summed E-state index contributed by atoms with van der Waals surface area (Å²) in [7, 11) is 4.46. The molecule has 200 valence electrons. The van der Waals surface area contributed by atoms with E-state index in [-0.39, 0.29) is 51.4 Å². The van der Waals surface area contributed by atoms with Crippen molar-refractivity contribution >= 4 is 11.6 Å². The molecule has 0 atom stereocenters. The van der Waals surface area contributed by atoms with Gasteiger partial charge in [0.1, 0.15) is 52.8 Å². The van der Waals surface area contributed by atoms with Crippen molar-refractivity contribution in [2.45, 2.75) is 0 Å². The van der Waals surface area contributed by atoms with Crippen LogP contribution in [0, 0.1) is 45.3 Å². The molecule has 0 fully saturated rings. The number of fused-ring (bicyclic) bond motifs is 6. The molecule has 2 aromatic heterocycles. The van der Waals surface area contributed by atoms with Crippen LogP contribution in [-0.4, -0.2) is 52.8 Å². The maximum Gasteiger partial charge on any atom is 0.214 e. The van der Waals surface area contributed by atoms with Crippen LogP contribution in [0.3, 0.4) is 0 Å². The number of aromatic nitrogens is 4. The van der Waals surface area contributed by atoms with E-state index >= 15 is 0 Å². The van der Waals surface area contributed by atoms with Gasteiger partial charge in [-0.05, 0) is 30.3 Å². The Morgan fingerprint density at radius 1 is 0.524 bits per heavy atom. The van der Waals surface area contributed by atoms with Crippen LogP contribution in [0.5, 0.6) is 17.2 Å². The van der Waals surface area contributed by atoms with Crippen LogP contribution in [0.2, 0.25) is 0 Å². The summed E-state index contributed by atoms with van der Waals surface area (Å²) in [6, 6.07) is 15.3. The number of hydrogen-bond acceptors (Lipinski definition) is 13. The fourth-order valence-corrected chi connectivity index (χ4v) is 4.44. The standard InChI is InChI=1S/C15H8N4O3.C14H6N4O2/c1-21-11-3-7-8(4-12(11)22-2)15(20)14-13(7)18-9(5-16)10(6-17)19-14;1-20-7-2-3-8-9(4-7)12-13(14(8)19)18-11(6-16)10(5-15)17-12/h3-4H,1-2H3;2-4H,1H3. The van der Waals surface area contributed by atoms with Gasteiger partial charge in [-0.25, -0.2) is 19.9 Å². The molecule has 0 saturated carbocycles. The minimum atomic E-state index is -0.362. The Hall–Kier alpha value is -6.70. The van der Waals surface area contributed by atoms with Gasteiger partial charge >= 0.3 is 0 Å². The molecular formula is C29H14N8O5. The van der Waals surface area contributed by atoms with E-state index in [1.807, 2.05) is 12.1 Å². The fraction of sp³-hybridized carbons (Fsp3) is 0.103. The van der Waals surface area contributed by atoms with Crippen LogP contribution in [-0.2, 0) is 0 Å². The number of rotatable bonds is 3. The van der Waals surface area contributed by atoms with Gasteiger partial charge in [-0.2, -0.15) is 21.0 Å². The van der Waals surface area contributed by atoms with Crippen LogP contribution in [0.1, 0.15) is 54.9 Å². The van der Waals surface area contributed by atoms with Gasteiger partial charge in [0.2, 0.25) is 11.6 Å². The number of methoxy groups -OCH3 is 3. The fourth-order valence-electron chi connectivity index (χ4n) is 4.44. The molecule has 6 rings (SSSR count). The molecule has 0 saturated heterocycles. The first kappa shape index (κ1) is 26.9. The topological polar surface area (TPSA) is 209 Å². The molecule has 0 amide bonds. The normalized spacial score (nSPS) is 11.2. The monoisotopic (exact) mass is 554 g/mol. The highest BCUT2D eigenvalue weighted by atomic mass is 16.5. The first-order chi connectivity index (χ1) is 20.3. The van der Waals surface area contributed by atoms with E-state index in [1.54, 1.807) is 36.4 Å². The molecule has 0 bridgehead atoms. The van der Waals surface area contributed by atoms with Crippen molar-refractivity contribution in [3.8, 4) is 64.0 Å². The number of ether oxygens (including phenoxy) is 3. The summed E-state index contributed by atoms with van der Waals surface area (Å²) in [6.45, 7) is 0. The predicted molar refractivity (Wildman–Crippen MR) is 140 cm³/mol. The number of carbonyl (C=O) groups excluding carboxylic acids is 2. The number of nitriles is 4. The van der Waals surface area contributed by atoms with Gasteiger partial charge in [0, 0.05) is 22.3 Å². The lowest BCUT2D eigenvalue weighted by atomic mass is 10.1. The van der Waals surface area contributed by atoms with Crippen molar-refractivity contribution in [3.63, 3.8) is 0 Å². The van der Waals surface area contributed by atoms with Gasteiger partial charge in [0.05, 0.1) is 21.3 Å². The summed E-state index contributed by atoms with van der Waals surface area (Å²) in [4.78, 5) is 40.8. The van der Waals surface area contributed by atoms with E-state index in [0.717, 1.165) is 0 Å². The van der Waals surface area contributed by atoms with Gasteiger partial charge < -0.3 is 14.2 Å². The second-order valence-electron chi connectivity index (χ2n) is 8.51. The maximum atomic E-state index is 12.4. The smallest absolute Gasteiger partial charge is 0.214 e. The van der Waals surface area contributed by atoms with Crippen LogP contribution in [0.15, 0.2) is 30.3 Å². The largest absolute Gasteiger partial charge is 0.497 e. The molecule has 4 aromatic rings. The average molecular weight is 554 g/mol. The molecule has 0 spiro atoms. The number of ketones is 2. The number of benzene rings is 2. The van der Waals surface area contributed by atoms with Crippen LogP contribution >= 0.6 is 0 Å².